The van der Waals surface area contributed by atoms with Crippen molar-refractivity contribution in [1.82, 2.24) is 10.3 Å². The maximum atomic E-state index is 11.8. The van der Waals surface area contributed by atoms with Gasteiger partial charge in [0.1, 0.15) is 0 Å². The number of nitrogens with zero attached hydrogens (tertiary/aromatic N) is 1. The molecular formula is C13H14N2OS2. The first-order valence-electron chi connectivity index (χ1n) is 5.58. The molecular weight excluding hydrogens is 264 g/mol. The minimum atomic E-state index is 0.0229. The second kappa shape index (κ2) is 6.02. The van der Waals surface area contributed by atoms with Gasteiger partial charge in [-0.25, -0.2) is 4.98 Å². The lowest BCUT2D eigenvalue weighted by molar-refractivity contribution is -0.120. The van der Waals surface area contributed by atoms with Crippen LogP contribution in [0.3, 0.4) is 0 Å². The summed E-state index contributed by atoms with van der Waals surface area (Å²) >= 11 is 5.77. The number of aromatic nitrogens is 1. The summed E-state index contributed by atoms with van der Waals surface area (Å²) < 4.78 is 0. The number of hydrogen-bond donors (Lipinski definition) is 2. The molecule has 2 aromatic rings. The molecule has 94 valence electrons. The molecule has 0 unspecified atom stereocenters. The maximum absolute atomic E-state index is 11.8. The normalized spacial score (nSPS) is 10.3. The molecule has 0 fully saturated rings. The van der Waals surface area contributed by atoms with Crippen molar-refractivity contribution in [2.45, 2.75) is 24.8 Å². The van der Waals surface area contributed by atoms with Gasteiger partial charge in [-0.1, -0.05) is 12.1 Å². The van der Waals surface area contributed by atoms with Gasteiger partial charge in [0.2, 0.25) is 5.91 Å². The van der Waals surface area contributed by atoms with E-state index in [-0.39, 0.29) is 5.91 Å². The van der Waals surface area contributed by atoms with Gasteiger partial charge in [-0.05, 0) is 24.6 Å². The van der Waals surface area contributed by atoms with Crippen molar-refractivity contribution in [3.05, 3.63) is 45.9 Å². The van der Waals surface area contributed by atoms with E-state index in [1.165, 1.54) is 0 Å². The van der Waals surface area contributed by atoms with Crippen LogP contribution in [0.4, 0.5) is 0 Å². The largest absolute Gasteiger partial charge is 0.351 e. The predicted octanol–water partition coefficient (Wildman–Crippen LogP) is 2.60. The Morgan fingerprint density at radius 3 is 2.72 bits per heavy atom. The van der Waals surface area contributed by atoms with E-state index in [1.807, 2.05) is 31.2 Å². The third kappa shape index (κ3) is 3.58. The van der Waals surface area contributed by atoms with Gasteiger partial charge in [0.15, 0.2) is 0 Å². The molecule has 0 aliphatic rings. The molecule has 1 aromatic carbocycles. The number of rotatable bonds is 4. The van der Waals surface area contributed by atoms with Crippen LogP contribution in [0.25, 0.3) is 0 Å². The standard InChI is InChI=1S/C13H14N2OS2/c1-9-12(18-8-15-9)7-14-13(16)6-10-2-4-11(17)5-3-10/h2-5,8,17H,6-7H2,1H3,(H,14,16). The van der Waals surface area contributed by atoms with E-state index in [0.29, 0.717) is 13.0 Å². The number of aryl methyl sites for hydroxylation is 1. The summed E-state index contributed by atoms with van der Waals surface area (Å²) in [4.78, 5) is 17.9. The van der Waals surface area contributed by atoms with Crippen molar-refractivity contribution in [3.63, 3.8) is 0 Å². The van der Waals surface area contributed by atoms with E-state index in [0.717, 1.165) is 21.0 Å². The highest BCUT2D eigenvalue weighted by molar-refractivity contribution is 7.80. The number of amides is 1. The molecule has 0 saturated carbocycles. The Hall–Kier alpha value is -1.33. The monoisotopic (exact) mass is 278 g/mol. The van der Waals surface area contributed by atoms with Gasteiger partial charge in [-0.15, -0.1) is 24.0 Å². The van der Waals surface area contributed by atoms with Gasteiger partial charge in [0.25, 0.3) is 0 Å². The number of carbonyl (C=O) groups is 1. The Morgan fingerprint density at radius 1 is 1.39 bits per heavy atom. The van der Waals surface area contributed by atoms with Crippen LogP contribution in [0, 0.1) is 6.92 Å². The number of hydrogen-bond acceptors (Lipinski definition) is 4. The smallest absolute Gasteiger partial charge is 0.224 e. The zero-order valence-electron chi connectivity index (χ0n) is 10.0. The average molecular weight is 278 g/mol. The predicted molar refractivity (Wildman–Crippen MR) is 76.1 cm³/mol. The van der Waals surface area contributed by atoms with E-state index in [4.69, 9.17) is 0 Å². The molecule has 0 radical (unpaired) electrons. The summed E-state index contributed by atoms with van der Waals surface area (Å²) in [5, 5.41) is 2.90. The summed E-state index contributed by atoms with van der Waals surface area (Å²) in [5.74, 6) is 0.0229. The van der Waals surface area contributed by atoms with Crippen molar-refractivity contribution < 1.29 is 4.79 Å². The SMILES string of the molecule is Cc1ncsc1CNC(=O)Cc1ccc(S)cc1. The first-order chi connectivity index (χ1) is 8.65. The second-order valence-corrected chi connectivity index (χ2v) is 5.44. The van der Waals surface area contributed by atoms with Gasteiger partial charge in [-0.3, -0.25) is 4.79 Å². The van der Waals surface area contributed by atoms with E-state index in [1.54, 1.807) is 16.8 Å². The van der Waals surface area contributed by atoms with Crippen LogP contribution in [0.1, 0.15) is 16.1 Å². The van der Waals surface area contributed by atoms with Crippen molar-refractivity contribution in [3.8, 4) is 0 Å². The quantitative estimate of drug-likeness (QED) is 0.844. The van der Waals surface area contributed by atoms with Gasteiger partial charge >= 0.3 is 0 Å². The van der Waals surface area contributed by atoms with Crippen molar-refractivity contribution >= 4 is 29.9 Å². The molecule has 1 aromatic heterocycles. The van der Waals surface area contributed by atoms with Gasteiger partial charge in [-0.2, -0.15) is 0 Å². The molecule has 0 aliphatic carbocycles. The Labute approximate surface area is 116 Å². The third-order valence-corrected chi connectivity index (χ3v) is 3.83. The highest BCUT2D eigenvalue weighted by Gasteiger charge is 2.05. The molecule has 2 rings (SSSR count). The van der Waals surface area contributed by atoms with Crippen LogP contribution in [-0.4, -0.2) is 10.9 Å². The van der Waals surface area contributed by atoms with Crippen molar-refractivity contribution in [1.29, 1.82) is 0 Å². The maximum Gasteiger partial charge on any atom is 0.224 e. The second-order valence-electron chi connectivity index (χ2n) is 3.98. The minimum Gasteiger partial charge on any atom is -0.351 e. The lowest BCUT2D eigenvalue weighted by Gasteiger charge is -2.04. The Bertz CT molecular complexity index is 534. The zero-order chi connectivity index (χ0) is 13.0. The van der Waals surface area contributed by atoms with Crippen LogP contribution < -0.4 is 5.32 Å². The van der Waals surface area contributed by atoms with E-state index < -0.39 is 0 Å². The lowest BCUT2D eigenvalue weighted by Crippen LogP contribution is -2.24. The third-order valence-electron chi connectivity index (χ3n) is 2.59. The zero-order valence-corrected chi connectivity index (χ0v) is 11.7. The van der Waals surface area contributed by atoms with Crippen LogP contribution in [-0.2, 0) is 17.8 Å². The fourth-order valence-electron chi connectivity index (χ4n) is 1.54. The van der Waals surface area contributed by atoms with Crippen LogP contribution in [0.15, 0.2) is 34.7 Å². The summed E-state index contributed by atoms with van der Waals surface area (Å²) in [5.41, 5.74) is 3.77. The summed E-state index contributed by atoms with van der Waals surface area (Å²) in [6, 6.07) is 7.61. The van der Waals surface area contributed by atoms with Crippen LogP contribution in [0.2, 0.25) is 0 Å². The van der Waals surface area contributed by atoms with Gasteiger partial charge in [0, 0.05) is 9.77 Å². The first-order valence-corrected chi connectivity index (χ1v) is 6.91. The highest BCUT2D eigenvalue weighted by atomic mass is 32.1. The number of thiazole rings is 1. The summed E-state index contributed by atoms with van der Waals surface area (Å²) in [7, 11) is 0. The van der Waals surface area contributed by atoms with Gasteiger partial charge in [0.05, 0.1) is 24.2 Å². The molecule has 3 nitrogen and oxygen atoms in total. The van der Waals surface area contributed by atoms with Crippen molar-refractivity contribution in [2.75, 3.05) is 0 Å². The number of carbonyl (C=O) groups excluding carboxylic acids is 1. The fourth-order valence-corrected chi connectivity index (χ4v) is 2.40. The van der Waals surface area contributed by atoms with Gasteiger partial charge < -0.3 is 5.32 Å². The number of thiol groups is 1. The summed E-state index contributed by atoms with van der Waals surface area (Å²) in [6.07, 6.45) is 0.395. The Kier molecular flexibility index (Phi) is 4.38. The lowest BCUT2D eigenvalue weighted by atomic mass is 10.1. The topological polar surface area (TPSA) is 42.0 Å². The van der Waals surface area contributed by atoms with Crippen molar-refractivity contribution in [2.24, 2.45) is 0 Å². The fraction of sp³-hybridized carbons (Fsp3) is 0.231. The molecule has 1 heterocycles. The molecule has 0 aliphatic heterocycles. The van der Waals surface area contributed by atoms with Crippen LogP contribution in [0.5, 0.6) is 0 Å². The Morgan fingerprint density at radius 2 is 2.11 bits per heavy atom. The molecule has 0 atom stereocenters. The minimum absolute atomic E-state index is 0.0229. The number of benzene rings is 1. The molecule has 18 heavy (non-hydrogen) atoms. The summed E-state index contributed by atoms with van der Waals surface area (Å²) in [6.45, 7) is 2.50. The van der Waals surface area contributed by atoms with E-state index in [2.05, 4.69) is 22.9 Å². The molecule has 0 spiro atoms. The highest BCUT2D eigenvalue weighted by Crippen LogP contribution is 2.12. The molecule has 1 N–H and O–H groups in total. The Balaban J connectivity index is 1.86. The first kappa shape index (κ1) is 13.1. The van der Waals surface area contributed by atoms with Crippen LogP contribution >= 0.6 is 24.0 Å². The molecule has 5 heteroatoms. The molecule has 1 amide bonds. The van der Waals surface area contributed by atoms with E-state index in [9.17, 15) is 4.79 Å². The number of nitrogens with one attached hydrogen (secondary N) is 1. The van der Waals surface area contributed by atoms with E-state index >= 15 is 0 Å². The molecule has 0 saturated heterocycles. The molecule has 0 bridgehead atoms. The average Bonchev–Trinajstić information content (AvgIpc) is 2.75.